The van der Waals surface area contributed by atoms with Crippen LogP contribution < -0.4 is 5.32 Å². The molecule has 1 heterocycles. The van der Waals surface area contributed by atoms with Crippen LogP contribution in [0.1, 0.15) is 42.9 Å². The van der Waals surface area contributed by atoms with E-state index in [1.807, 2.05) is 4.68 Å². The van der Waals surface area contributed by atoms with Gasteiger partial charge in [-0.25, -0.2) is 9.07 Å². The van der Waals surface area contributed by atoms with Crippen LogP contribution >= 0.6 is 11.8 Å². The van der Waals surface area contributed by atoms with E-state index in [-0.39, 0.29) is 17.5 Å². The first-order valence-corrected chi connectivity index (χ1v) is 9.04. The van der Waals surface area contributed by atoms with Gasteiger partial charge in [0.05, 0.1) is 11.8 Å². The van der Waals surface area contributed by atoms with Crippen LogP contribution in [-0.2, 0) is 11.3 Å². The predicted molar refractivity (Wildman–Crippen MR) is 89.0 cm³/mol. The van der Waals surface area contributed by atoms with Gasteiger partial charge in [0.1, 0.15) is 5.82 Å². The summed E-state index contributed by atoms with van der Waals surface area (Å²) in [5, 5.41) is 15.3. The molecule has 0 radical (unpaired) electrons. The average molecular weight is 349 g/mol. The molecule has 1 N–H and O–H groups in total. The van der Waals surface area contributed by atoms with Gasteiger partial charge in [0, 0.05) is 6.54 Å². The highest BCUT2D eigenvalue weighted by molar-refractivity contribution is 7.99. The second kappa shape index (κ2) is 7.74. The molecule has 0 atom stereocenters. The van der Waals surface area contributed by atoms with Crippen LogP contribution in [-0.4, -0.2) is 31.9 Å². The summed E-state index contributed by atoms with van der Waals surface area (Å²) >= 11 is 1.34. The number of tetrazole rings is 1. The van der Waals surface area contributed by atoms with Crippen LogP contribution in [0.2, 0.25) is 0 Å². The highest BCUT2D eigenvalue weighted by atomic mass is 32.2. The Balaban J connectivity index is 1.49. The molecule has 1 aliphatic carbocycles. The fourth-order valence-electron chi connectivity index (χ4n) is 2.86. The van der Waals surface area contributed by atoms with Crippen molar-refractivity contribution < 1.29 is 9.18 Å². The largest absolute Gasteiger partial charge is 0.351 e. The summed E-state index contributed by atoms with van der Waals surface area (Å²) in [5.41, 5.74) is 1.45. The van der Waals surface area contributed by atoms with E-state index in [4.69, 9.17) is 0 Å². The first kappa shape index (κ1) is 16.9. The van der Waals surface area contributed by atoms with Crippen molar-refractivity contribution in [2.75, 3.05) is 5.75 Å². The molecule has 6 nitrogen and oxygen atoms in total. The third kappa shape index (κ3) is 4.11. The zero-order chi connectivity index (χ0) is 16.9. The number of rotatable bonds is 6. The van der Waals surface area contributed by atoms with Crippen LogP contribution in [0.5, 0.6) is 0 Å². The number of hydrogen-bond acceptors (Lipinski definition) is 5. The molecule has 1 saturated carbocycles. The van der Waals surface area contributed by atoms with Crippen molar-refractivity contribution in [1.82, 2.24) is 25.5 Å². The number of amides is 1. The monoisotopic (exact) mass is 349 g/mol. The fraction of sp³-hybridized carbons (Fsp3) is 0.500. The molecule has 1 fully saturated rings. The second-order valence-corrected chi connectivity index (χ2v) is 6.94. The topological polar surface area (TPSA) is 72.7 Å². The molecule has 1 aromatic heterocycles. The Morgan fingerprint density at radius 3 is 2.96 bits per heavy atom. The summed E-state index contributed by atoms with van der Waals surface area (Å²) in [5.74, 6) is -0.0740. The van der Waals surface area contributed by atoms with E-state index in [9.17, 15) is 9.18 Å². The maximum absolute atomic E-state index is 13.2. The zero-order valence-corrected chi connectivity index (χ0v) is 14.4. The van der Waals surface area contributed by atoms with Crippen molar-refractivity contribution in [3.8, 4) is 0 Å². The smallest absolute Gasteiger partial charge is 0.230 e. The molecular formula is C16H20FN5OS. The first-order chi connectivity index (χ1) is 11.6. The molecule has 0 unspecified atom stereocenters. The number of nitrogens with zero attached hydrogens (tertiary/aromatic N) is 4. The van der Waals surface area contributed by atoms with Crippen LogP contribution in [0.25, 0.3) is 0 Å². The summed E-state index contributed by atoms with van der Waals surface area (Å²) in [6.45, 7) is 2.09. The van der Waals surface area contributed by atoms with Crippen LogP contribution in [0.3, 0.4) is 0 Å². The third-order valence-corrected chi connectivity index (χ3v) is 5.11. The molecule has 0 aliphatic heterocycles. The Kier molecular flexibility index (Phi) is 5.44. The number of aryl methyl sites for hydroxylation is 1. The predicted octanol–water partition coefficient (Wildman–Crippen LogP) is 2.64. The quantitative estimate of drug-likeness (QED) is 0.812. The summed E-state index contributed by atoms with van der Waals surface area (Å²) in [6, 6.07) is 5.19. The van der Waals surface area contributed by atoms with Crippen molar-refractivity contribution in [2.24, 2.45) is 0 Å². The normalized spacial score (nSPS) is 14.9. The van der Waals surface area contributed by atoms with Gasteiger partial charge in [0.25, 0.3) is 0 Å². The molecule has 0 bridgehead atoms. The average Bonchev–Trinajstić information content (AvgIpc) is 3.24. The summed E-state index contributed by atoms with van der Waals surface area (Å²) in [6.07, 6.45) is 4.59. The Bertz CT molecular complexity index is 714. The van der Waals surface area contributed by atoms with E-state index in [1.165, 1.54) is 30.7 Å². The minimum absolute atomic E-state index is 0.0945. The number of thioether (sulfide) groups is 1. The van der Waals surface area contributed by atoms with E-state index in [0.717, 1.165) is 18.4 Å². The molecule has 2 aromatic rings. The van der Waals surface area contributed by atoms with Gasteiger partial charge < -0.3 is 5.32 Å². The summed E-state index contributed by atoms with van der Waals surface area (Å²) in [4.78, 5) is 12.0. The van der Waals surface area contributed by atoms with E-state index < -0.39 is 0 Å². The number of halogens is 1. The van der Waals surface area contributed by atoms with Gasteiger partial charge in [-0.05, 0) is 47.4 Å². The lowest BCUT2D eigenvalue weighted by atomic mass is 10.1. The van der Waals surface area contributed by atoms with Crippen LogP contribution in [0.15, 0.2) is 23.4 Å². The maximum atomic E-state index is 13.2. The van der Waals surface area contributed by atoms with Gasteiger partial charge in [-0.15, -0.1) is 5.10 Å². The molecule has 0 saturated heterocycles. The number of hydrogen-bond donors (Lipinski definition) is 1. The third-order valence-electron chi connectivity index (χ3n) is 4.18. The molecule has 3 rings (SSSR count). The summed E-state index contributed by atoms with van der Waals surface area (Å²) < 4.78 is 15.1. The van der Waals surface area contributed by atoms with Gasteiger partial charge in [-0.1, -0.05) is 36.7 Å². The number of carbonyl (C=O) groups excluding carboxylic acids is 1. The Hall–Kier alpha value is -1.96. The van der Waals surface area contributed by atoms with Crippen molar-refractivity contribution in [1.29, 1.82) is 0 Å². The maximum Gasteiger partial charge on any atom is 0.230 e. The van der Waals surface area contributed by atoms with E-state index in [1.54, 1.807) is 19.1 Å². The zero-order valence-electron chi connectivity index (χ0n) is 13.5. The SMILES string of the molecule is Cc1cc(CNC(=O)CSc2nnnn2C2CCCC2)ccc1F. The van der Waals surface area contributed by atoms with Crippen LogP contribution in [0, 0.1) is 12.7 Å². The van der Waals surface area contributed by atoms with Crippen molar-refractivity contribution >= 4 is 17.7 Å². The molecule has 24 heavy (non-hydrogen) atoms. The van der Waals surface area contributed by atoms with E-state index >= 15 is 0 Å². The second-order valence-electron chi connectivity index (χ2n) is 5.99. The number of nitrogens with one attached hydrogen (secondary N) is 1. The van der Waals surface area contributed by atoms with Crippen LogP contribution in [0.4, 0.5) is 4.39 Å². The van der Waals surface area contributed by atoms with Gasteiger partial charge >= 0.3 is 0 Å². The fourth-order valence-corrected chi connectivity index (χ4v) is 3.63. The molecule has 1 aromatic carbocycles. The molecule has 1 amide bonds. The highest BCUT2D eigenvalue weighted by Crippen LogP contribution is 2.31. The van der Waals surface area contributed by atoms with Crippen molar-refractivity contribution in [3.63, 3.8) is 0 Å². The molecule has 128 valence electrons. The van der Waals surface area contributed by atoms with E-state index in [0.29, 0.717) is 23.3 Å². The molecular weight excluding hydrogens is 329 g/mol. The molecule has 0 spiro atoms. The first-order valence-electron chi connectivity index (χ1n) is 8.06. The number of aromatic nitrogens is 4. The lowest BCUT2D eigenvalue weighted by Crippen LogP contribution is -2.25. The lowest BCUT2D eigenvalue weighted by Gasteiger charge is -2.10. The summed E-state index contributed by atoms with van der Waals surface area (Å²) in [7, 11) is 0. The highest BCUT2D eigenvalue weighted by Gasteiger charge is 2.22. The van der Waals surface area contributed by atoms with Gasteiger partial charge in [-0.2, -0.15) is 0 Å². The van der Waals surface area contributed by atoms with E-state index in [2.05, 4.69) is 20.8 Å². The van der Waals surface area contributed by atoms with Gasteiger partial charge in [-0.3, -0.25) is 4.79 Å². The van der Waals surface area contributed by atoms with Gasteiger partial charge in [0.2, 0.25) is 11.1 Å². The van der Waals surface area contributed by atoms with Gasteiger partial charge in [0.15, 0.2) is 0 Å². The minimum Gasteiger partial charge on any atom is -0.351 e. The number of carbonyl (C=O) groups is 1. The van der Waals surface area contributed by atoms with Crippen molar-refractivity contribution in [3.05, 3.63) is 35.1 Å². The molecule has 1 aliphatic rings. The Morgan fingerprint density at radius 1 is 1.42 bits per heavy atom. The Labute approximate surface area is 144 Å². The lowest BCUT2D eigenvalue weighted by molar-refractivity contribution is -0.118. The van der Waals surface area contributed by atoms with Crippen molar-refractivity contribution in [2.45, 2.75) is 50.4 Å². The Morgan fingerprint density at radius 2 is 2.21 bits per heavy atom. The standard InChI is InChI=1S/C16H20FN5OS/c1-11-8-12(6-7-14(11)17)9-18-15(23)10-24-16-19-20-21-22(16)13-4-2-3-5-13/h6-8,13H,2-5,9-10H2,1H3,(H,18,23). The molecule has 8 heteroatoms. The number of benzene rings is 1. The minimum atomic E-state index is -0.237.